The fourth-order valence-corrected chi connectivity index (χ4v) is 1.54. The molecule has 0 atom stereocenters. The molecule has 0 fully saturated rings. The molecule has 0 aliphatic rings. The van der Waals surface area contributed by atoms with E-state index in [2.05, 4.69) is 29.1 Å². The summed E-state index contributed by atoms with van der Waals surface area (Å²) in [6, 6.07) is 0. The average Bonchev–Trinajstić information content (AvgIpc) is 2.74. The van der Waals surface area contributed by atoms with Crippen LogP contribution in [0.4, 0.5) is 5.69 Å². The van der Waals surface area contributed by atoms with Gasteiger partial charge in [-0.2, -0.15) is 5.10 Å². The van der Waals surface area contributed by atoms with E-state index in [-0.39, 0.29) is 0 Å². The number of anilines is 1. The Balaban J connectivity index is 2.55. The van der Waals surface area contributed by atoms with E-state index >= 15 is 0 Å². The smallest absolute Gasteiger partial charge is 0.200 e. The number of fused-ring (bicyclic) bond motifs is 1. The molecule has 0 radical (unpaired) electrons. The highest BCUT2D eigenvalue weighted by Crippen LogP contribution is 2.11. The summed E-state index contributed by atoms with van der Waals surface area (Å²) in [6.07, 6.45) is 3.34. The molecule has 2 rings (SSSR count). The molecule has 6 heteroatoms. The molecule has 76 valence electrons. The summed E-state index contributed by atoms with van der Waals surface area (Å²) in [6.45, 7) is 6.00. The van der Waals surface area contributed by atoms with Gasteiger partial charge in [0.2, 0.25) is 0 Å². The predicted molar refractivity (Wildman–Crippen MR) is 54.7 cm³/mol. The first-order valence-electron chi connectivity index (χ1n) is 4.70. The summed E-state index contributed by atoms with van der Waals surface area (Å²) in [7, 11) is 0. The van der Waals surface area contributed by atoms with Crippen molar-refractivity contribution in [2.75, 3.05) is 23.8 Å². The number of rotatable bonds is 3. The van der Waals surface area contributed by atoms with Gasteiger partial charge in [0, 0.05) is 13.1 Å². The summed E-state index contributed by atoms with van der Waals surface area (Å²) in [5.74, 6) is 0. The van der Waals surface area contributed by atoms with E-state index < -0.39 is 0 Å². The van der Waals surface area contributed by atoms with E-state index in [0.29, 0.717) is 5.69 Å². The molecule has 2 N–H and O–H groups in total. The molecule has 6 nitrogen and oxygen atoms in total. The van der Waals surface area contributed by atoms with Gasteiger partial charge in [-0.05, 0) is 13.8 Å². The van der Waals surface area contributed by atoms with Gasteiger partial charge in [-0.1, -0.05) is 0 Å². The lowest BCUT2D eigenvalue weighted by molar-refractivity contribution is 0.635. The first kappa shape index (κ1) is 8.86. The number of nitrogens with zero attached hydrogens (tertiary/aromatic N) is 5. The highest BCUT2D eigenvalue weighted by Gasteiger charge is 2.10. The van der Waals surface area contributed by atoms with Gasteiger partial charge in [0.15, 0.2) is 5.65 Å². The van der Waals surface area contributed by atoms with Crippen LogP contribution in [0.5, 0.6) is 0 Å². The van der Waals surface area contributed by atoms with Crippen LogP contribution in [0.25, 0.3) is 5.65 Å². The summed E-state index contributed by atoms with van der Waals surface area (Å²) in [5.41, 5.74) is 7.27. The molecule has 2 heterocycles. The number of nitrogen functional groups attached to an aromatic ring is 1. The monoisotopic (exact) mass is 194 g/mol. The van der Waals surface area contributed by atoms with E-state index in [1.165, 1.54) is 4.63 Å². The van der Waals surface area contributed by atoms with Crippen molar-refractivity contribution in [2.45, 2.75) is 13.8 Å². The topological polar surface area (TPSA) is 64.4 Å². The number of hydrogen-bond acceptors (Lipinski definition) is 4. The van der Waals surface area contributed by atoms with Crippen LogP contribution >= 0.6 is 0 Å². The van der Waals surface area contributed by atoms with Crippen molar-refractivity contribution in [2.24, 2.45) is 0 Å². The zero-order valence-corrected chi connectivity index (χ0v) is 8.38. The summed E-state index contributed by atoms with van der Waals surface area (Å²) in [4.78, 5) is 0. The van der Waals surface area contributed by atoms with Gasteiger partial charge >= 0.3 is 0 Å². The summed E-state index contributed by atoms with van der Waals surface area (Å²) < 4.78 is 3.47. The highest BCUT2D eigenvalue weighted by atomic mass is 15.6. The minimum Gasteiger partial charge on any atom is -0.394 e. The lowest BCUT2D eigenvalue weighted by Crippen LogP contribution is -2.33. The highest BCUT2D eigenvalue weighted by molar-refractivity contribution is 5.63. The fourth-order valence-electron chi connectivity index (χ4n) is 1.54. The minimum absolute atomic E-state index is 0.648. The summed E-state index contributed by atoms with van der Waals surface area (Å²) >= 11 is 0. The molecule has 2 aromatic rings. The van der Waals surface area contributed by atoms with E-state index in [4.69, 9.17) is 5.73 Å². The van der Waals surface area contributed by atoms with Crippen LogP contribution in [0, 0.1) is 0 Å². The van der Waals surface area contributed by atoms with Crippen molar-refractivity contribution >= 4 is 11.3 Å². The van der Waals surface area contributed by atoms with Crippen LogP contribution in [0.15, 0.2) is 12.5 Å². The Morgan fingerprint density at radius 3 is 2.71 bits per heavy atom. The van der Waals surface area contributed by atoms with Crippen molar-refractivity contribution < 1.29 is 0 Å². The van der Waals surface area contributed by atoms with E-state index in [1.807, 2.05) is 4.68 Å². The maximum Gasteiger partial charge on any atom is 0.200 e. The average molecular weight is 194 g/mol. The van der Waals surface area contributed by atoms with Crippen molar-refractivity contribution in [1.29, 1.82) is 0 Å². The van der Waals surface area contributed by atoms with Gasteiger partial charge in [0.05, 0.1) is 11.9 Å². The molecule has 2 aromatic heterocycles. The quantitative estimate of drug-likeness (QED) is 0.752. The van der Waals surface area contributed by atoms with Crippen LogP contribution in [-0.4, -0.2) is 32.6 Å². The largest absolute Gasteiger partial charge is 0.394 e. The molecule has 0 saturated carbocycles. The molecule has 0 aromatic carbocycles. The Labute approximate surface area is 81.9 Å². The van der Waals surface area contributed by atoms with Gasteiger partial charge in [0.1, 0.15) is 6.33 Å². The van der Waals surface area contributed by atoms with E-state index in [1.54, 1.807) is 12.5 Å². The zero-order valence-electron chi connectivity index (χ0n) is 8.38. The standard InChI is InChI=1S/C8H14N6/c1-3-12(4-2)13-6-11-14-8(13)7(9)5-10-14/h5-6H,3-4,9H2,1-2H3. The Kier molecular flexibility index (Phi) is 2.03. The molecule has 0 unspecified atom stereocenters. The lowest BCUT2D eigenvalue weighted by Gasteiger charge is -2.21. The summed E-state index contributed by atoms with van der Waals surface area (Å²) in [5, 5.41) is 10.3. The predicted octanol–water partition coefficient (Wildman–Crippen LogP) is 0.0908. The van der Waals surface area contributed by atoms with Crippen molar-refractivity contribution in [3.63, 3.8) is 0 Å². The Morgan fingerprint density at radius 1 is 1.36 bits per heavy atom. The lowest BCUT2D eigenvalue weighted by atomic mass is 10.5. The van der Waals surface area contributed by atoms with E-state index in [9.17, 15) is 0 Å². The second-order valence-corrected chi connectivity index (χ2v) is 3.03. The second kappa shape index (κ2) is 3.21. The molecule has 0 aliphatic heterocycles. The van der Waals surface area contributed by atoms with Crippen molar-refractivity contribution in [1.82, 2.24) is 19.5 Å². The third-order valence-corrected chi connectivity index (χ3v) is 2.28. The minimum atomic E-state index is 0.648. The van der Waals surface area contributed by atoms with E-state index in [0.717, 1.165) is 18.7 Å². The first-order chi connectivity index (χ1) is 6.77. The van der Waals surface area contributed by atoms with Gasteiger partial charge in [-0.15, -0.1) is 9.73 Å². The van der Waals surface area contributed by atoms with Gasteiger partial charge in [0.25, 0.3) is 0 Å². The molecule has 0 spiro atoms. The number of hydrogen-bond donors (Lipinski definition) is 1. The van der Waals surface area contributed by atoms with Crippen molar-refractivity contribution in [3.8, 4) is 0 Å². The molecule has 0 bridgehead atoms. The molecular formula is C8H14N6. The molecular weight excluding hydrogens is 180 g/mol. The third kappa shape index (κ3) is 1.11. The van der Waals surface area contributed by atoms with Gasteiger partial charge < -0.3 is 10.7 Å². The maximum atomic E-state index is 5.80. The Bertz CT molecular complexity index is 424. The fraction of sp³-hybridized carbons (Fsp3) is 0.500. The second-order valence-electron chi connectivity index (χ2n) is 3.03. The normalized spacial score (nSPS) is 11.0. The Hall–Kier alpha value is -1.72. The molecule has 0 amide bonds. The number of nitrogens with two attached hydrogens (primary N) is 1. The maximum absolute atomic E-state index is 5.80. The third-order valence-electron chi connectivity index (χ3n) is 2.28. The molecule has 14 heavy (non-hydrogen) atoms. The van der Waals surface area contributed by atoms with Gasteiger partial charge in [-0.3, -0.25) is 0 Å². The van der Waals surface area contributed by atoms with Crippen molar-refractivity contribution in [3.05, 3.63) is 12.5 Å². The zero-order chi connectivity index (χ0) is 10.1. The van der Waals surface area contributed by atoms with Crippen LogP contribution < -0.4 is 10.7 Å². The Morgan fingerprint density at radius 2 is 2.07 bits per heavy atom. The number of aromatic nitrogens is 4. The van der Waals surface area contributed by atoms with Gasteiger partial charge in [-0.25, -0.2) is 4.68 Å². The molecule has 0 saturated heterocycles. The molecule has 0 aliphatic carbocycles. The van der Waals surface area contributed by atoms with Crippen LogP contribution in [0.2, 0.25) is 0 Å². The van der Waals surface area contributed by atoms with Crippen LogP contribution in [-0.2, 0) is 0 Å². The first-order valence-corrected chi connectivity index (χ1v) is 4.70. The van der Waals surface area contributed by atoms with Crippen LogP contribution in [0.1, 0.15) is 13.8 Å². The SMILES string of the molecule is CCN(CC)n1cnn2ncc(N)c12. The van der Waals surface area contributed by atoms with Crippen LogP contribution in [0.3, 0.4) is 0 Å².